The third kappa shape index (κ3) is 3.35. The molecule has 1 aromatic rings. The molecule has 118 valence electrons. The normalized spacial score (nSPS) is 20.8. The number of aliphatic carboxylic acids is 1. The number of rotatable bonds is 4. The number of nitrogens with zero attached hydrogens (tertiary/aromatic N) is 3. The Kier molecular flexibility index (Phi) is 3.97. The zero-order valence-electron chi connectivity index (χ0n) is 10.6. The first-order chi connectivity index (χ1) is 9.61. The average molecular weight is 327 g/mol. The van der Waals surface area contributed by atoms with Crippen molar-refractivity contribution in [1.82, 2.24) is 14.1 Å². The Bertz CT molecular complexity index is 640. The van der Waals surface area contributed by atoms with Crippen LogP contribution in [0, 0.1) is 0 Å². The van der Waals surface area contributed by atoms with E-state index in [1.807, 2.05) is 0 Å². The van der Waals surface area contributed by atoms with Crippen molar-refractivity contribution in [2.45, 2.75) is 36.5 Å². The molecule has 7 nitrogen and oxygen atoms in total. The lowest BCUT2D eigenvalue weighted by atomic mass is 10.2. The summed E-state index contributed by atoms with van der Waals surface area (Å²) in [4.78, 5) is 10.6. The van der Waals surface area contributed by atoms with Crippen molar-refractivity contribution in [3.8, 4) is 0 Å². The lowest BCUT2D eigenvalue weighted by Gasteiger charge is -2.19. The SMILES string of the molecule is O=C(O)[C@H]1CCCN1S(=O)(=O)c1cnn(CC(F)(F)F)c1. The maximum absolute atomic E-state index is 12.3. The lowest BCUT2D eigenvalue weighted by Crippen LogP contribution is -2.40. The van der Waals surface area contributed by atoms with Crippen LogP contribution in [-0.4, -0.2) is 52.3 Å². The number of hydrogen-bond donors (Lipinski definition) is 1. The topological polar surface area (TPSA) is 92.5 Å². The van der Waals surface area contributed by atoms with E-state index in [1.165, 1.54) is 0 Å². The highest BCUT2D eigenvalue weighted by Crippen LogP contribution is 2.26. The number of aromatic nitrogens is 2. The number of sulfonamides is 1. The number of carbonyl (C=O) groups is 1. The second-order valence-corrected chi connectivity index (χ2v) is 6.49. The summed E-state index contributed by atoms with van der Waals surface area (Å²) in [5.41, 5.74) is 0. The molecular formula is C10H12F3N3O4S. The molecular weight excluding hydrogens is 315 g/mol. The van der Waals surface area contributed by atoms with Crippen LogP contribution in [0.4, 0.5) is 13.2 Å². The molecule has 1 N–H and O–H groups in total. The molecule has 1 aliphatic heterocycles. The van der Waals surface area contributed by atoms with Gasteiger partial charge >= 0.3 is 12.1 Å². The first-order valence-corrected chi connectivity index (χ1v) is 7.39. The van der Waals surface area contributed by atoms with E-state index in [2.05, 4.69) is 5.10 Å². The van der Waals surface area contributed by atoms with Gasteiger partial charge in [0, 0.05) is 12.7 Å². The van der Waals surface area contributed by atoms with Crippen molar-refractivity contribution in [2.24, 2.45) is 0 Å². The standard InChI is InChI=1S/C10H12F3N3O4S/c11-10(12,13)6-15-5-7(4-14-15)21(19,20)16-3-1-2-8(16)9(17)18/h4-5,8H,1-3,6H2,(H,17,18)/t8-/m1/s1. The van der Waals surface area contributed by atoms with Crippen molar-refractivity contribution < 1.29 is 31.5 Å². The molecule has 2 heterocycles. The van der Waals surface area contributed by atoms with Gasteiger partial charge in [0.25, 0.3) is 0 Å². The van der Waals surface area contributed by atoms with E-state index >= 15 is 0 Å². The summed E-state index contributed by atoms with van der Waals surface area (Å²) < 4.78 is 62.4. The van der Waals surface area contributed by atoms with Gasteiger partial charge in [0.15, 0.2) is 0 Å². The summed E-state index contributed by atoms with van der Waals surface area (Å²) in [6.45, 7) is -1.39. The maximum Gasteiger partial charge on any atom is 0.408 e. The van der Waals surface area contributed by atoms with Crippen LogP contribution in [0.5, 0.6) is 0 Å². The highest BCUT2D eigenvalue weighted by atomic mass is 32.2. The Labute approximate surface area is 118 Å². The zero-order valence-corrected chi connectivity index (χ0v) is 11.4. The second-order valence-electron chi connectivity index (χ2n) is 4.60. The summed E-state index contributed by atoms with van der Waals surface area (Å²) in [6.07, 6.45) is -2.43. The fourth-order valence-electron chi connectivity index (χ4n) is 2.16. The molecule has 1 aromatic heterocycles. The molecule has 21 heavy (non-hydrogen) atoms. The molecule has 0 bridgehead atoms. The molecule has 0 radical (unpaired) electrons. The van der Waals surface area contributed by atoms with Gasteiger partial charge < -0.3 is 5.11 Å². The van der Waals surface area contributed by atoms with Gasteiger partial charge in [0.1, 0.15) is 17.5 Å². The molecule has 0 aromatic carbocycles. The van der Waals surface area contributed by atoms with Crippen LogP contribution in [0.15, 0.2) is 17.3 Å². The summed E-state index contributed by atoms with van der Waals surface area (Å²) in [5.74, 6) is -1.28. The minimum Gasteiger partial charge on any atom is -0.480 e. The van der Waals surface area contributed by atoms with Crippen LogP contribution in [0.3, 0.4) is 0 Å². The van der Waals surface area contributed by atoms with E-state index in [4.69, 9.17) is 5.11 Å². The first-order valence-electron chi connectivity index (χ1n) is 5.95. The Morgan fingerprint density at radius 3 is 2.71 bits per heavy atom. The first kappa shape index (κ1) is 15.8. The van der Waals surface area contributed by atoms with Crippen molar-refractivity contribution in [3.63, 3.8) is 0 Å². The van der Waals surface area contributed by atoms with Gasteiger partial charge in [0.05, 0.1) is 6.20 Å². The molecule has 0 spiro atoms. The Balaban J connectivity index is 2.26. The monoisotopic (exact) mass is 327 g/mol. The number of carboxylic acids is 1. The van der Waals surface area contributed by atoms with Crippen molar-refractivity contribution in [2.75, 3.05) is 6.54 Å². The van der Waals surface area contributed by atoms with Gasteiger partial charge in [-0.15, -0.1) is 0 Å². The van der Waals surface area contributed by atoms with Crippen LogP contribution in [-0.2, 0) is 21.4 Å². The molecule has 0 saturated carbocycles. The lowest BCUT2D eigenvalue weighted by molar-refractivity contribution is -0.142. The quantitative estimate of drug-likeness (QED) is 0.878. The van der Waals surface area contributed by atoms with Crippen molar-refractivity contribution in [1.29, 1.82) is 0 Å². The number of halogens is 3. The van der Waals surface area contributed by atoms with Crippen LogP contribution in [0.2, 0.25) is 0 Å². The molecule has 11 heteroatoms. The highest BCUT2D eigenvalue weighted by Gasteiger charge is 2.40. The molecule has 0 amide bonds. The van der Waals surface area contributed by atoms with Gasteiger partial charge in [-0.1, -0.05) is 0 Å². The van der Waals surface area contributed by atoms with Crippen LogP contribution >= 0.6 is 0 Å². The molecule has 0 unspecified atom stereocenters. The van der Waals surface area contributed by atoms with E-state index in [0.717, 1.165) is 16.7 Å². The largest absolute Gasteiger partial charge is 0.480 e. The predicted octanol–water partition coefficient (Wildman–Crippen LogP) is 0.683. The van der Waals surface area contributed by atoms with Crippen LogP contribution in [0.25, 0.3) is 0 Å². The average Bonchev–Trinajstić information content (AvgIpc) is 2.93. The fraction of sp³-hybridized carbons (Fsp3) is 0.600. The number of alkyl halides is 3. The number of carboxylic acid groups (broad SMARTS) is 1. The smallest absolute Gasteiger partial charge is 0.408 e. The summed E-state index contributed by atoms with van der Waals surface area (Å²) in [6, 6.07) is -1.19. The van der Waals surface area contributed by atoms with E-state index in [1.54, 1.807) is 0 Å². The van der Waals surface area contributed by atoms with E-state index in [9.17, 15) is 26.4 Å². The molecule has 1 aliphatic rings. The van der Waals surface area contributed by atoms with Gasteiger partial charge in [-0.25, -0.2) is 8.42 Å². The van der Waals surface area contributed by atoms with E-state index < -0.39 is 39.7 Å². The third-order valence-electron chi connectivity index (χ3n) is 3.05. The van der Waals surface area contributed by atoms with E-state index in [-0.39, 0.29) is 13.0 Å². The minimum atomic E-state index is -4.52. The fourth-order valence-corrected chi connectivity index (χ4v) is 3.76. The van der Waals surface area contributed by atoms with Gasteiger partial charge in [0.2, 0.25) is 10.0 Å². The number of hydrogen-bond acceptors (Lipinski definition) is 4. The van der Waals surface area contributed by atoms with Gasteiger partial charge in [-0.05, 0) is 12.8 Å². The Morgan fingerprint density at radius 1 is 1.48 bits per heavy atom. The van der Waals surface area contributed by atoms with Crippen molar-refractivity contribution >= 4 is 16.0 Å². The molecule has 1 saturated heterocycles. The van der Waals surface area contributed by atoms with E-state index in [0.29, 0.717) is 11.1 Å². The highest BCUT2D eigenvalue weighted by molar-refractivity contribution is 7.89. The Morgan fingerprint density at radius 2 is 2.14 bits per heavy atom. The molecule has 1 fully saturated rings. The van der Waals surface area contributed by atoms with Crippen LogP contribution < -0.4 is 0 Å². The summed E-state index contributed by atoms with van der Waals surface area (Å²) in [5, 5.41) is 12.3. The molecule has 2 rings (SSSR count). The zero-order chi connectivity index (χ0) is 15.8. The van der Waals surface area contributed by atoms with Gasteiger partial charge in [-0.3, -0.25) is 9.48 Å². The van der Waals surface area contributed by atoms with Gasteiger partial charge in [-0.2, -0.15) is 22.6 Å². The minimum absolute atomic E-state index is 0.0176. The summed E-state index contributed by atoms with van der Waals surface area (Å²) >= 11 is 0. The third-order valence-corrected chi connectivity index (χ3v) is 4.91. The predicted molar refractivity (Wildman–Crippen MR) is 62.8 cm³/mol. The maximum atomic E-state index is 12.3. The van der Waals surface area contributed by atoms with Crippen LogP contribution in [0.1, 0.15) is 12.8 Å². The summed E-state index contributed by atoms with van der Waals surface area (Å²) in [7, 11) is -4.17. The Hall–Kier alpha value is -1.62. The molecule has 1 atom stereocenters. The van der Waals surface area contributed by atoms with Crippen molar-refractivity contribution in [3.05, 3.63) is 12.4 Å². The molecule has 0 aliphatic carbocycles. The second kappa shape index (κ2) is 5.30.